The van der Waals surface area contributed by atoms with Gasteiger partial charge in [-0.05, 0) is 42.3 Å². The molecule has 3 aromatic carbocycles. The van der Waals surface area contributed by atoms with Crippen LogP contribution in [0.2, 0.25) is 0 Å². The summed E-state index contributed by atoms with van der Waals surface area (Å²) in [5, 5.41) is 2.98. The molecule has 30 heavy (non-hydrogen) atoms. The van der Waals surface area contributed by atoms with E-state index in [4.69, 9.17) is 4.74 Å². The lowest BCUT2D eigenvalue weighted by molar-refractivity contribution is 0.0951. The fourth-order valence-corrected chi connectivity index (χ4v) is 3.07. The van der Waals surface area contributed by atoms with Crippen LogP contribution < -0.4 is 10.1 Å². The van der Waals surface area contributed by atoms with Gasteiger partial charge in [0.05, 0.1) is 5.69 Å². The molecule has 0 fully saturated rings. The number of nitrogens with one attached hydrogen (secondary N) is 1. The van der Waals surface area contributed by atoms with Gasteiger partial charge in [0, 0.05) is 23.7 Å². The average Bonchev–Trinajstić information content (AvgIpc) is 2.79. The molecule has 0 saturated carbocycles. The van der Waals surface area contributed by atoms with Crippen molar-refractivity contribution in [2.75, 3.05) is 0 Å². The van der Waals surface area contributed by atoms with Crippen LogP contribution in [0.4, 0.5) is 0 Å². The number of amides is 1. The van der Waals surface area contributed by atoms with Crippen molar-refractivity contribution in [3.05, 3.63) is 108 Å². The Labute approximate surface area is 175 Å². The fourth-order valence-electron chi connectivity index (χ4n) is 3.07. The number of carbonyl (C=O) groups excluding carboxylic acids is 1. The number of benzene rings is 3. The van der Waals surface area contributed by atoms with Crippen LogP contribution in [-0.4, -0.2) is 15.9 Å². The van der Waals surface area contributed by atoms with Gasteiger partial charge in [-0.1, -0.05) is 54.6 Å². The topological polar surface area (TPSA) is 64.1 Å². The summed E-state index contributed by atoms with van der Waals surface area (Å²) in [6.45, 7) is 2.52. The van der Waals surface area contributed by atoms with E-state index in [1.54, 1.807) is 12.1 Å². The Morgan fingerprint density at radius 1 is 0.900 bits per heavy atom. The second-order valence-corrected chi connectivity index (χ2v) is 6.85. The molecule has 0 aliphatic heterocycles. The lowest BCUT2D eigenvalue weighted by Crippen LogP contribution is -2.23. The highest BCUT2D eigenvalue weighted by molar-refractivity contribution is 5.95. The maximum Gasteiger partial charge on any atom is 0.251 e. The summed E-state index contributed by atoms with van der Waals surface area (Å²) in [5.74, 6) is 1.02. The third-order valence-corrected chi connectivity index (χ3v) is 4.73. The minimum Gasteiger partial charge on any atom is -0.439 e. The second-order valence-electron chi connectivity index (χ2n) is 6.85. The van der Waals surface area contributed by atoms with Crippen molar-refractivity contribution in [1.82, 2.24) is 15.3 Å². The normalized spacial score (nSPS) is 10.4. The molecule has 4 rings (SSSR count). The van der Waals surface area contributed by atoms with E-state index >= 15 is 0 Å². The lowest BCUT2D eigenvalue weighted by atomic mass is 10.1. The predicted molar refractivity (Wildman–Crippen MR) is 116 cm³/mol. The lowest BCUT2D eigenvalue weighted by Gasteiger charge is -2.09. The van der Waals surface area contributed by atoms with Gasteiger partial charge >= 0.3 is 0 Å². The second kappa shape index (κ2) is 9.01. The quantitative estimate of drug-likeness (QED) is 0.489. The summed E-state index contributed by atoms with van der Waals surface area (Å²) in [6, 6.07) is 26.6. The molecule has 148 valence electrons. The highest BCUT2D eigenvalue weighted by atomic mass is 16.5. The van der Waals surface area contributed by atoms with E-state index in [9.17, 15) is 4.79 Å². The molecule has 5 heteroatoms. The van der Waals surface area contributed by atoms with Gasteiger partial charge in [0.2, 0.25) is 5.88 Å². The first kappa shape index (κ1) is 19.3. The number of nitrogens with zero attached hydrogens (tertiary/aromatic N) is 2. The van der Waals surface area contributed by atoms with E-state index in [-0.39, 0.29) is 5.91 Å². The number of aryl methyl sites for hydroxylation is 1. The summed E-state index contributed by atoms with van der Waals surface area (Å²) < 4.78 is 5.79. The molecular formula is C25H21N3O2. The van der Waals surface area contributed by atoms with Gasteiger partial charge < -0.3 is 10.1 Å². The number of aromatic nitrogens is 2. The maximum absolute atomic E-state index is 12.7. The number of hydrogen-bond donors (Lipinski definition) is 1. The summed E-state index contributed by atoms with van der Waals surface area (Å²) >= 11 is 0. The van der Waals surface area contributed by atoms with Crippen LogP contribution in [0.15, 0.2) is 91.3 Å². The zero-order valence-electron chi connectivity index (χ0n) is 16.6. The van der Waals surface area contributed by atoms with Crippen LogP contribution in [-0.2, 0) is 6.54 Å². The number of ether oxygens (including phenoxy) is 1. The number of hydrogen-bond acceptors (Lipinski definition) is 4. The Kier molecular flexibility index (Phi) is 5.80. The molecule has 0 spiro atoms. The van der Waals surface area contributed by atoms with Gasteiger partial charge in [-0.3, -0.25) is 4.79 Å². The molecule has 5 nitrogen and oxygen atoms in total. The van der Waals surface area contributed by atoms with Crippen LogP contribution in [0.1, 0.15) is 21.5 Å². The smallest absolute Gasteiger partial charge is 0.251 e. The third-order valence-electron chi connectivity index (χ3n) is 4.73. The molecule has 0 aliphatic carbocycles. The van der Waals surface area contributed by atoms with Crippen LogP contribution in [0, 0.1) is 6.92 Å². The minimum atomic E-state index is -0.130. The zero-order chi connectivity index (χ0) is 20.8. The Morgan fingerprint density at radius 3 is 2.53 bits per heavy atom. The number of carbonyl (C=O) groups is 1. The van der Waals surface area contributed by atoms with E-state index < -0.39 is 0 Å². The number of rotatable bonds is 6. The molecular weight excluding hydrogens is 374 g/mol. The fraction of sp³-hybridized carbons (Fsp3) is 0.0800. The van der Waals surface area contributed by atoms with Crippen molar-refractivity contribution < 1.29 is 9.53 Å². The first-order chi connectivity index (χ1) is 14.7. The Bertz CT molecular complexity index is 1160. The van der Waals surface area contributed by atoms with Crippen LogP contribution >= 0.6 is 0 Å². The predicted octanol–water partition coefficient (Wildman–Crippen LogP) is 5.17. The third kappa shape index (κ3) is 4.70. The van der Waals surface area contributed by atoms with E-state index in [1.807, 2.05) is 79.7 Å². The molecule has 1 aromatic heterocycles. The highest BCUT2D eigenvalue weighted by Crippen LogP contribution is 2.24. The first-order valence-corrected chi connectivity index (χ1v) is 9.67. The molecule has 0 atom stereocenters. The van der Waals surface area contributed by atoms with Gasteiger partial charge in [0.1, 0.15) is 12.1 Å². The SMILES string of the molecule is Cc1ccccc1CNC(=O)c1cccc(-c2cc(Oc3ccccc3)ncn2)c1. The molecule has 0 aliphatic rings. The Morgan fingerprint density at radius 2 is 1.70 bits per heavy atom. The molecule has 1 N–H and O–H groups in total. The van der Waals surface area contributed by atoms with Crippen molar-refractivity contribution in [3.63, 3.8) is 0 Å². The molecule has 0 saturated heterocycles. The van der Waals surface area contributed by atoms with Gasteiger partial charge in [0.25, 0.3) is 5.91 Å². The molecule has 0 bridgehead atoms. The number of para-hydroxylation sites is 1. The highest BCUT2D eigenvalue weighted by Gasteiger charge is 2.10. The van der Waals surface area contributed by atoms with E-state index in [0.29, 0.717) is 29.4 Å². The standard InChI is InChI=1S/C25H21N3O2/c1-18-8-5-6-9-21(18)16-26-25(29)20-11-7-10-19(14-20)23-15-24(28-17-27-23)30-22-12-3-2-4-13-22/h2-15,17H,16H2,1H3,(H,26,29). The Hall–Kier alpha value is -3.99. The van der Waals surface area contributed by atoms with E-state index in [0.717, 1.165) is 16.7 Å². The van der Waals surface area contributed by atoms with E-state index in [2.05, 4.69) is 15.3 Å². The molecule has 0 radical (unpaired) electrons. The van der Waals surface area contributed by atoms with Gasteiger partial charge in [-0.15, -0.1) is 0 Å². The largest absolute Gasteiger partial charge is 0.439 e. The van der Waals surface area contributed by atoms with E-state index in [1.165, 1.54) is 6.33 Å². The van der Waals surface area contributed by atoms with Crippen molar-refractivity contribution in [2.24, 2.45) is 0 Å². The minimum absolute atomic E-state index is 0.130. The first-order valence-electron chi connectivity index (χ1n) is 9.67. The van der Waals surface area contributed by atoms with Gasteiger partial charge in [0.15, 0.2) is 0 Å². The van der Waals surface area contributed by atoms with Crippen molar-refractivity contribution in [2.45, 2.75) is 13.5 Å². The summed E-state index contributed by atoms with van der Waals surface area (Å²) in [5.41, 5.74) is 4.33. The van der Waals surface area contributed by atoms with Gasteiger partial charge in [-0.25, -0.2) is 9.97 Å². The van der Waals surface area contributed by atoms with Gasteiger partial charge in [-0.2, -0.15) is 0 Å². The Balaban J connectivity index is 1.50. The van der Waals surface area contributed by atoms with Crippen LogP contribution in [0.25, 0.3) is 11.3 Å². The van der Waals surface area contributed by atoms with Crippen LogP contribution in [0.5, 0.6) is 11.6 Å². The molecule has 1 amide bonds. The summed E-state index contributed by atoms with van der Waals surface area (Å²) in [7, 11) is 0. The van der Waals surface area contributed by atoms with Crippen molar-refractivity contribution in [1.29, 1.82) is 0 Å². The van der Waals surface area contributed by atoms with Crippen molar-refractivity contribution >= 4 is 5.91 Å². The molecule has 4 aromatic rings. The molecule has 0 unspecified atom stereocenters. The zero-order valence-corrected chi connectivity index (χ0v) is 16.6. The summed E-state index contributed by atoms with van der Waals surface area (Å²) in [6.07, 6.45) is 1.46. The molecule has 1 heterocycles. The van der Waals surface area contributed by atoms with Crippen LogP contribution in [0.3, 0.4) is 0 Å². The maximum atomic E-state index is 12.7. The average molecular weight is 395 g/mol. The summed E-state index contributed by atoms with van der Waals surface area (Å²) in [4.78, 5) is 21.2. The van der Waals surface area contributed by atoms with Crippen molar-refractivity contribution in [3.8, 4) is 22.9 Å². The monoisotopic (exact) mass is 395 g/mol.